The second kappa shape index (κ2) is 5.74. The van der Waals surface area contributed by atoms with Crippen LogP contribution < -0.4 is 5.32 Å². The van der Waals surface area contributed by atoms with Crippen molar-refractivity contribution in [2.45, 2.75) is 26.4 Å². The smallest absolute Gasteiger partial charge is 0.325 e. The summed E-state index contributed by atoms with van der Waals surface area (Å²) >= 11 is 5.83. The maximum Gasteiger partial charge on any atom is 0.325 e. The fourth-order valence-electron chi connectivity index (χ4n) is 1.31. The van der Waals surface area contributed by atoms with Crippen LogP contribution in [0.15, 0.2) is 18.2 Å². The number of hydrogen-bond donors (Lipinski definition) is 1. The summed E-state index contributed by atoms with van der Waals surface area (Å²) in [5.41, 5.74) is 0.435. The van der Waals surface area contributed by atoms with Crippen molar-refractivity contribution in [3.63, 3.8) is 0 Å². The van der Waals surface area contributed by atoms with E-state index in [9.17, 15) is 4.79 Å². The lowest BCUT2D eigenvalue weighted by Crippen LogP contribution is -2.28. The molecule has 18 heavy (non-hydrogen) atoms. The van der Waals surface area contributed by atoms with Crippen molar-refractivity contribution in [3.05, 3.63) is 28.8 Å². The van der Waals surface area contributed by atoms with Gasteiger partial charge >= 0.3 is 5.97 Å². The van der Waals surface area contributed by atoms with Gasteiger partial charge in [0.25, 0.3) is 0 Å². The molecule has 0 fully saturated rings. The summed E-state index contributed by atoms with van der Waals surface area (Å²) in [4.78, 5) is 11.5. The highest BCUT2D eigenvalue weighted by Gasteiger charge is 2.16. The van der Waals surface area contributed by atoms with E-state index in [0.29, 0.717) is 16.3 Å². The second-order valence-corrected chi connectivity index (χ2v) is 5.18. The summed E-state index contributed by atoms with van der Waals surface area (Å²) in [6, 6.07) is 6.84. The monoisotopic (exact) mass is 266 g/mol. The number of nitrogens with one attached hydrogen (secondary N) is 1. The van der Waals surface area contributed by atoms with Crippen molar-refractivity contribution >= 4 is 23.3 Å². The highest BCUT2D eigenvalue weighted by atomic mass is 35.5. The van der Waals surface area contributed by atoms with Crippen LogP contribution in [0.25, 0.3) is 0 Å². The Hall–Kier alpha value is -1.73. The van der Waals surface area contributed by atoms with E-state index in [2.05, 4.69) is 5.32 Å². The van der Waals surface area contributed by atoms with E-state index in [-0.39, 0.29) is 12.5 Å². The van der Waals surface area contributed by atoms with Gasteiger partial charge in [-0.05, 0) is 39.0 Å². The molecule has 0 aliphatic rings. The van der Waals surface area contributed by atoms with Gasteiger partial charge in [-0.25, -0.2) is 0 Å². The molecule has 0 radical (unpaired) electrons. The maximum absolute atomic E-state index is 11.5. The molecule has 5 heteroatoms. The average Bonchev–Trinajstić information content (AvgIpc) is 2.24. The van der Waals surface area contributed by atoms with Gasteiger partial charge in [-0.2, -0.15) is 5.26 Å². The predicted molar refractivity (Wildman–Crippen MR) is 70.5 cm³/mol. The number of ether oxygens (including phenoxy) is 1. The first-order valence-corrected chi connectivity index (χ1v) is 5.85. The number of nitrogens with zero attached hydrogens (tertiary/aromatic N) is 1. The molecular weight excluding hydrogens is 252 g/mol. The standard InChI is InChI=1S/C13H15ClN2O2/c1-13(2,3)18-12(17)8-16-11-6-10(14)5-4-9(11)7-15/h4-6,16H,8H2,1-3H3. The molecule has 0 spiro atoms. The molecule has 0 aromatic heterocycles. The predicted octanol–water partition coefficient (Wildman–Crippen LogP) is 2.97. The number of hydrogen-bond acceptors (Lipinski definition) is 4. The van der Waals surface area contributed by atoms with E-state index in [4.69, 9.17) is 21.6 Å². The van der Waals surface area contributed by atoms with Gasteiger partial charge in [-0.15, -0.1) is 0 Å². The number of carbonyl (C=O) groups is 1. The van der Waals surface area contributed by atoms with E-state index in [0.717, 1.165) is 0 Å². The SMILES string of the molecule is CC(C)(C)OC(=O)CNc1cc(Cl)ccc1C#N. The molecule has 0 saturated carbocycles. The first-order chi connectivity index (χ1) is 8.31. The van der Waals surface area contributed by atoms with Crippen molar-refractivity contribution in [2.24, 2.45) is 0 Å². The van der Waals surface area contributed by atoms with Gasteiger partial charge in [0.2, 0.25) is 0 Å². The van der Waals surface area contributed by atoms with Crippen LogP contribution in [0.4, 0.5) is 5.69 Å². The Kier molecular flexibility index (Phi) is 4.57. The molecule has 1 N–H and O–H groups in total. The highest BCUT2D eigenvalue weighted by Crippen LogP contribution is 2.20. The van der Waals surface area contributed by atoms with E-state index in [1.807, 2.05) is 6.07 Å². The molecule has 1 rings (SSSR count). The molecule has 0 amide bonds. The summed E-state index contributed by atoms with van der Waals surface area (Å²) in [5, 5.41) is 12.3. The first-order valence-electron chi connectivity index (χ1n) is 5.47. The Labute approximate surface area is 112 Å². The van der Waals surface area contributed by atoms with Gasteiger partial charge in [0.1, 0.15) is 18.2 Å². The normalized spacial score (nSPS) is 10.6. The summed E-state index contributed by atoms with van der Waals surface area (Å²) in [6.45, 7) is 5.38. The number of anilines is 1. The topological polar surface area (TPSA) is 62.1 Å². The Balaban J connectivity index is 2.67. The molecule has 0 aliphatic heterocycles. The lowest BCUT2D eigenvalue weighted by molar-refractivity contribution is -0.152. The van der Waals surface area contributed by atoms with Gasteiger partial charge < -0.3 is 10.1 Å². The minimum Gasteiger partial charge on any atom is -0.459 e. The lowest BCUT2D eigenvalue weighted by Gasteiger charge is -2.19. The molecule has 0 aliphatic carbocycles. The first kappa shape index (κ1) is 14.3. The number of benzene rings is 1. The molecule has 0 bridgehead atoms. The third-order valence-electron chi connectivity index (χ3n) is 1.95. The second-order valence-electron chi connectivity index (χ2n) is 4.74. The lowest BCUT2D eigenvalue weighted by atomic mass is 10.2. The number of halogens is 1. The number of esters is 1. The molecule has 0 saturated heterocycles. The van der Waals surface area contributed by atoms with Crippen LogP contribution >= 0.6 is 11.6 Å². The maximum atomic E-state index is 11.5. The summed E-state index contributed by atoms with van der Waals surface area (Å²) < 4.78 is 5.15. The van der Waals surface area contributed by atoms with Crippen molar-refractivity contribution in [1.82, 2.24) is 0 Å². The zero-order chi connectivity index (χ0) is 13.8. The number of carbonyl (C=O) groups excluding carboxylic acids is 1. The van der Waals surface area contributed by atoms with Crippen molar-refractivity contribution in [3.8, 4) is 6.07 Å². The fourth-order valence-corrected chi connectivity index (χ4v) is 1.48. The van der Waals surface area contributed by atoms with E-state index >= 15 is 0 Å². The van der Waals surface area contributed by atoms with E-state index in [1.165, 1.54) is 0 Å². The van der Waals surface area contributed by atoms with Crippen LogP contribution in [0, 0.1) is 11.3 Å². The molecule has 1 aromatic carbocycles. The molecule has 4 nitrogen and oxygen atoms in total. The average molecular weight is 267 g/mol. The fraction of sp³-hybridized carbons (Fsp3) is 0.385. The highest BCUT2D eigenvalue weighted by molar-refractivity contribution is 6.30. The van der Waals surface area contributed by atoms with Gasteiger partial charge in [0.15, 0.2) is 0 Å². The van der Waals surface area contributed by atoms with Crippen LogP contribution in [0.1, 0.15) is 26.3 Å². The molecule has 0 atom stereocenters. The summed E-state index contributed by atoms with van der Waals surface area (Å²) in [5.74, 6) is -0.383. The van der Waals surface area contributed by atoms with Gasteiger partial charge in [0.05, 0.1) is 11.3 Å². The van der Waals surface area contributed by atoms with Gasteiger partial charge in [-0.1, -0.05) is 11.6 Å². The van der Waals surface area contributed by atoms with Gasteiger partial charge in [-0.3, -0.25) is 4.79 Å². The van der Waals surface area contributed by atoms with Crippen molar-refractivity contribution in [2.75, 3.05) is 11.9 Å². The minimum absolute atomic E-state index is 0.00765. The molecule has 0 unspecified atom stereocenters. The van der Waals surface area contributed by atoms with E-state index in [1.54, 1.807) is 39.0 Å². The molecule has 1 aromatic rings. The zero-order valence-corrected chi connectivity index (χ0v) is 11.3. The third-order valence-corrected chi connectivity index (χ3v) is 2.18. The van der Waals surface area contributed by atoms with Gasteiger partial charge in [0, 0.05) is 5.02 Å². The third kappa shape index (κ3) is 4.64. The van der Waals surface area contributed by atoms with Crippen molar-refractivity contribution in [1.29, 1.82) is 5.26 Å². The quantitative estimate of drug-likeness (QED) is 0.855. The molecule has 0 heterocycles. The van der Waals surface area contributed by atoms with Crippen LogP contribution in [0.3, 0.4) is 0 Å². The minimum atomic E-state index is -0.523. The van der Waals surface area contributed by atoms with Crippen LogP contribution in [-0.2, 0) is 9.53 Å². The Bertz CT molecular complexity index is 487. The van der Waals surface area contributed by atoms with Crippen LogP contribution in [0.5, 0.6) is 0 Å². The van der Waals surface area contributed by atoms with E-state index < -0.39 is 5.60 Å². The van der Waals surface area contributed by atoms with Crippen LogP contribution in [-0.4, -0.2) is 18.1 Å². The number of rotatable bonds is 3. The Morgan fingerprint density at radius 1 is 1.50 bits per heavy atom. The number of nitriles is 1. The molecular formula is C13H15ClN2O2. The van der Waals surface area contributed by atoms with Crippen molar-refractivity contribution < 1.29 is 9.53 Å². The molecule has 96 valence electrons. The Morgan fingerprint density at radius 3 is 2.72 bits per heavy atom. The summed E-state index contributed by atoms with van der Waals surface area (Å²) in [6.07, 6.45) is 0. The zero-order valence-electron chi connectivity index (χ0n) is 10.6. The summed E-state index contributed by atoms with van der Waals surface area (Å²) in [7, 11) is 0. The van der Waals surface area contributed by atoms with Crippen LogP contribution in [0.2, 0.25) is 5.02 Å². The Morgan fingerprint density at radius 2 is 2.17 bits per heavy atom. The largest absolute Gasteiger partial charge is 0.459 e.